The molecule has 0 saturated carbocycles. The van der Waals surface area contributed by atoms with Gasteiger partial charge in [-0.3, -0.25) is 9.78 Å². The van der Waals surface area contributed by atoms with Gasteiger partial charge < -0.3 is 24.7 Å². The van der Waals surface area contributed by atoms with E-state index in [9.17, 15) is 4.79 Å². The zero-order valence-corrected chi connectivity index (χ0v) is 20.2. The summed E-state index contributed by atoms with van der Waals surface area (Å²) in [4.78, 5) is 22.0. The van der Waals surface area contributed by atoms with Gasteiger partial charge in [0.25, 0.3) is 0 Å². The first-order chi connectivity index (χ1) is 17.6. The second-order valence-electron chi connectivity index (χ2n) is 9.27. The van der Waals surface area contributed by atoms with E-state index in [1.807, 2.05) is 48.8 Å². The summed E-state index contributed by atoms with van der Waals surface area (Å²) >= 11 is 0. The number of aryl methyl sites for hydroxylation is 1. The Kier molecular flexibility index (Phi) is 5.91. The molecule has 2 N–H and O–H groups in total. The van der Waals surface area contributed by atoms with Crippen molar-refractivity contribution in [3.8, 4) is 22.8 Å². The molecule has 0 aliphatic carbocycles. The van der Waals surface area contributed by atoms with Gasteiger partial charge in [-0.15, -0.1) is 0 Å². The molecule has 7 nitrogen and oxygen atoms in total. The van der Waals surface area contributed by atoms with E-state index in [1.165, 1.54) is 11.1 Å². The molecule has 0 amide bonds. The van der Waals surface area contributed by atoms with Gasteiger partial charge in [0.05, 0.1) is 18.9 Å². The highest BCUT2D eigenvalue weighted by atomic mass is 16.5. The number of fused-ring (bicyclic) bond motifs is 2. The number of nitrogens with one attached hydrogen (secondary N) is 2. The third kappa shape index (κ3) is 4.45. The molecule has 0 spiro atoms. The van der Waals surface area contributed by atoms with Gasteiger partial charge in [0.1, 0.15) is 11.5 Å². The van der Waals surface area contributed by atoms with E-state index in [-0.39, 0.29) is 5.56 Å². The smallest absolute Gasteiger partial charge is 0.250 e. The molecule has 2 aliphatic rings. The monoisotopic (exact) mass is 480 g/mol. The number of ether oxygens (including phenoxy) is 2. The van der Waals surface area contributed by atoms with E-state index in [0.717, 1.165) is 64.8 Å². The molecule has 0 radical (unpaired) electrons. The van der Waals surface area contributed by atoms with Crippen molar-refractivity contribution in [1.82, 2.24) is 9.97 Å². The number of anilines is 2. The molecule has 4 heterocycles. The topological polar surface area (TPSA) is 79.5 Å². The highest BCUT2D eigenvalue weighted by Gasteiger charge is 2.22. The van der Waals surface area contributed by atoms with Crippen molar-refractivity contribution in [2.45, 2.75) is 19.9 Å². The first kappa shape index (κ1) is 22.4. The predicted molar refractivity (Wildman–Crippen MR) is 141 cm³/mol. The van der Waals surface area contributed by atoms with Crippen LogP contribution in [0.4, 0.5) is 11.4 Å². The Morgan fingerprint density at radius 2 is 1.94 bits per heavy atom. The minimum atomic E-state index is -0.123. The quantitative estimate of drug-likeness (QED) is 0.373. The predicted octanol–water partition coefficient (Wildman–Crippen LogP) is 4.89. The summed E-state index contributed by atoms with van der Waals surface area (Å²) in [5.41, 5.74) is 8.09. The number of para-hydroxylation sites is 1. The molecular formula is C29H28N4O3. The van der Waals surface area contributed by atoms with Crippen LogP contribution in [0.2, 0.25) is 0 Å². The number of morpholine rings is 1. The van der Waals surface area contributed by atoms with Crippen LogP contribution in [0, 0.1) is 6.92 Å². The first-order valence-corrected chi connectivity index (χ1v) is 12.3. The van der Waals surface area contributed by atoms with Gasteiger partial charge in [-0.05, 0) is 60.0 Å². The van der Waals surface area contributed by atoms with Crippen LogP contribution in [0.5, 0.6) is 11.5 Å². The van der Waals surface area contributed by atoms with Gasteiger partial charge >= 0.3 is 0 Å². The van der Waals surface area contributed by atoms with Crippen LogP contribution in [-0.2, 0) is 17.7 Å². The van der Waals surface area contributed by atoms with E-state index < -0.39 is 0 Å². The lowest BCUT2D eigenvalue weighted by atomic mass is 9.96. The Labute approximate surface area is 209 Å². The van der Waals surface area contributed by atoms with Crippen molar-refractivity contribution < 1.29 is 9.47 Å². The lowest BCUT2D eigenvalue weighted by molar-refractivity contribution is 0.122. The van der Waals surface area contributed by atoms with Crippen LogP contribution >= 0.6 is 0 Å². The summed E-state index contributed by atoms with van der Waals surface area (Å²) in [6.07, 6.45) is 4.47. The van der Waals surface area contributed by atoms with Crippen molar-refractivity contribution in [1.29, 1.82) is 0 Å². The van der Waals surface area contributed by atoms with Gasteiger partial charge in [-0.1, -0.05) is 12.1 Å². The summed E-state index contributed by atoms with van der Waals surface area (Å²) in [7, 11) is 0. The molecule has 1 fully saturated rings. The molecule has 4 aromatic rings. The molecule has 2 aliphatic heterocycles. The Morgan fingerprint density at radius 1 is 1.06 bits per heavy atom. The lowest BCUT2D eigenvalue weighted by Crippen LogP contribution is -2.36. The number of hydrogen-bond acceptors (Lipinski definition) is 6. The van der Waals surface area contributed by atoms with Crippen LogP contribution in [0.25, 0.3) is 11.3 Å². The van der Waals surface area contributed by atoms with Crippen LogP contribution in [0.15, 0.2) is 71.8 Å². The highest BCUT2D eigenvalue weighted by molar-refractivity contribution is 5.74. The maximum Gasteiger partial charge on any atom is 0.250 e. The van der Waals surface area contributed by atoms with Crippen molar-refractivity contribution in [2.24, 2.45) is 0 Å². The number of hydrogen-bond donors (Lipinski definition) is 2. The van der Waals surface area contributed by atoms with Gasteiger partial charge in [-0.25, -0.2) is 0 Å². The van der Waals surface area contributed by atoms with E-state index in [0.29, 0.717) is 19.8 Å². The summed E-state index contributed by atoms with van der Waals surface area (Å²) in [5.74, 6) is 1.64. The van der Waals surface area contributed by atoms with E-state index in [4.69, 9.17) is 9.47 Å². The molecule has 7 heteroatoms. The number of rotatable bonds is 5. The Hall–Kier alpha value is -4.10. The Balaban J connectivity index is 1.27. The number of aromatic amines is 1. The van der Waals surface area contributed by atoms with Gasteiger partial charge in [0.15, 0.2) is 0 Å². The van der Waals surface area contributed by atoms with E-state index in [2.05, 4.69) is 39.2 Å². The van der Waals surface area contributed by atoms with Crippen LogP contribution in [0.1, 0.15) is 22.3 Å². The maximum atomic E-state index is 12.6. The first-order valence-electron chi connectivity index (χ1n) is 12.3. The van der Waals surface area contributed by atoms with Crippen molar-refractivity contribution in [3.05, 3.63) is 99.6 Å². The second kappa shape index (κ2) is 9.51. The third-order valence-corrected chi connectivity index (χ3v) is 6.88. The zero-order valence-electron chi connectivity index (χ0n) is 20.2. The SMILES string of the molecule is Cc1ccncc1CNc1ccc2c(c1)Cc1cccc(-c3cc(N4CCOCC4)cc(=O)[nH]3)c1O2. The lowest BCUT2D eigenvalue weighted by Gasteiger charge is -2.29. The maximum absolute atomic E-state index is 12.6. The van der Waals surface area contributed by atoms with Gasteiger partial charge in [0.2, 0.25) is 5.56 Å². The van der Waals surface area contributed by atoms with Crippen molar-refractivity contribution in [3.63, 3.8) is 0 Å². The highest BCUT2D eigenvalue weighted by Crippen LogP contribution is 2.43. The summed E-state index contributed by atoms with van der Waals surface area (Å²) in [6, 6.07) is 18.0. The summed E-state index contributed by atoms with van der Waals surface area (Å²) < 4.78 is 11.9. The van der Waals surface area contributed by atoms with Crippen LogP contribution in [-0.4, -0.2) is 36.3 Å². The fourth-order valence-electron chi connectivity index (χ4n) is 4.86. The fourth-order valence-corrected chi connectivity index (χ4v) is 4.86. The van der Waals surface area contributed by atoms with Crippen LogP contribution in [0.3, 0.4) is 0 Å². The van der Waals surface area contributed by atoms with Crippen LogP contribution < -0.4 is 20.5 Å². The Morgan fingerprint density at radius 3 is 2.81 bits per heavy atom. The van der Waals surface area contributed by atoms with E-state index in [1.54, 1.807) is 6.07 Å². The number of pyridine rings is 2. The molecular weight excluding hydrogens is 452 g/mol. The van der Waals surface area contributed by atoms with E-state index >= 15 is 0 Å². The molecule has 6 rings (SSSR count). The molecule has 2 aromatic heterocycles. The molecule has 0 atom stereocenters. The Bertz CT molecular complexity index is 1470. The van der Waals surface area contributed by atoms with Gasteiger partial charge in [-0.2, -0.15) is 0 Å². The molecule has 0 unspecified atom stereocenters. The largest absolute Gasteiger partial charge is 0.456 e. The van der Waals surface area contributed by atoms with Crippen molar-refractivity contribution >= 4 is 11.4 Å². The second-order valence-corrected chi connectivity index (χ2v) is 9.27. The minimum absolute atomic E-state index is 0.123. The number of benzene rings is 2. The molecule has 2 aromatic carbocycles. The summed E-state index contributed by atoms with van der Waals surface area (Å²) in [5, 5.41) is 3.51. The minimum Gasteiger partial charge on any atom is -0.456 e. The number of H-pyrrole nitrogens is 1. The average molecular weight is 481 g/mol. The normalized spacial score (nSPS) is 14.5. The molecule has 0 bridgehead atoms. The molecule has 36 heavy (non-hydrogen) atoms. The number of aromatic nitrogens is 2. The fraction of sp³-hybridized carbons (Fsp3) is 0.241. The molecule has 182 valence electrons. The van der Waals surface area contributed by atoms with Gasteiger partial charge in [0, 0.05) is 67.0 Å². The molecule has 1 saturated heterocycles. The number of nitrogens with zero attached hydrogens (tertiary/aromatic N) is 2. The van der Waals surface area contributed by atoms with Crippen molar-refractivity contribution in [2.75, 3.05) is 36.5 Å². The zero-order chi connectivity index (χ0) is 24.5. The standard InChI is InChI=1S/C29H28N4O3/c1-19-7-8-30-17-22(19)18-31-23-5-6-27-21(14-23)13-20-3-2-4-25(29(20)36-27)26-15-24(16-28(34)32-26)33-9-11-35-12-10-33/h2-8,14-17,31H,9-13,18H2,1H3,(H,32,34). The average Bonchev–Trinajstić information content (AvgIpc) is 2.91. The third-order valence-electron chi connectivity index (χ3n) is 6.88. The summed E-state index contributed by atoms with van der Waals surface area (Å²) in [6.45, 7) is 5.69.